The second-order valence-electron chi connectivity index (χ2n) is 8.61. The largest absolute Gasteiger partial charge is 0.513 e. The van der Waals surface area contributed by atoms with Crippen LogP contribution in [0.15, 0.2) is 18.2 Å². The Labute approximate surface area is 210 Å². The number of nitrogens with two attached hydrogens (primary N) is 1. The van der Waals surface area contributed by atoms with Gasteiger partial charge in [0.15, 0.2) is 11.5 Å². The average Bonchev–Trinajstić information content (AvgIpc) is 2.80. The van der Waals surface area contributed by atoms with E-state index in [1.54, 1.807) is 41.5 Å². The van der Waals surface area contributed by atoms with Gasteiger partial charge >= 0.3 is 24.2 Å². The summed E-state index contributed by atoms with van der Waals surface area (Å²) in [5.74, 6) is 3.44. The second kappa shape index (κ2) is 14.2. The van der Waals surface area contributed by atoms with Crippen LogP contribution >= 0.6 is 0 Å². The fraction of sp³-hybridized carbons (Fsp3) is 0.583. The number of hydrogen-bond donors (Lipinski definition) is 2. The van der Waals surface area contributed by atoms with Gasteiger partial charge in [0.1, 0.15) is 5.54 Å². The van der Waals surface area contributed by atoms with E-state index >= 15 is 0 Å². The van der Waals surface area contributed by atoms with E-state index in [-0.39, 0.29) is 37.1 Å². The van der Waals surface area contributed by atoms with E-state index in [9.17, 15) is 19.2 Å². The van der Waals surface area contributed by atoms with Crippen molar-refractivity contribution in [3.8, 4) is 11.5 Å². The van der Waals surface area contributed by atoms with Gasteiger partial charge in [0.25, 0.3) is 0 Å². The fourth-order valence-electron chi connectivity index (χ4n) is 2.67. The number of nitrogens with one attached hydrogen (secondary N) is 1. The Balaban J connectivity index is 3.18. The van der Waals surface area contributed by atoms with Crippen LogP contribution in [0.5, 0.6) is 11.5 Å². The molecular weight excluding hydrogens is 476 g/mol. The first-order valence-corrected chi connectivity index (χ1v) is 11.6. The van der Waals surface area contributed by atoms with Gasteiger partial charge in [0, 0.05) is 12.3 Å². The Morgan fingerprint density at radius 2 is 1.47 bits per heavy atom. The zero-order valence-electron chi connectivity index (χ0n) is 21.7. The second-order valence-corrected chi connectivity index (χ2v) is 8.61. The molecule has 0 fully saturated rings. The minimum absolute atomic E-state index is 0.0376. The van der Waals surface area contributed by atoms with Gasteiger partial charge < -0.3 is 28.4 Å². The van der Waals surface area contributed by atoms with E-state index in [4.69, 9.17) is 34.3 Å². The summed E-state index contributed by atoms with van der Waals surface area (Å²) in [5.41, 5.74) is 1.43. The number of hydrogen-bond acceptors (Lipinski definition) is 12. The molecule has 0 amide bonds. The van der Waals surface area contributed by atoms with Crippen molar-refractivity contribution in [3.05, 3.63) is 23.8 Å². The first-order chi connectivity index (χ1) is 16.9. The molecule has 36 heavy (non-hydrogen) atoms. The molecule has 0 aliphatic heterocycles. The van der Waals surface area contributed by atoms with Gasteiger partial charge in [0.05, 0.1) is 19.1 Å². The summed E-state index contributed by atoms with van der Waals surface area (Å²) in [5, 5.41) is 0. The smallest absolute Gasteiger partial charge is 0.434 e. The number of carbonyl (C=O) groups is 4. The molecule has 1 aromatic carbocycles. The predicted molar refractivity (Wildman–Crippen MR) is 127 cm³/mol. The lowest BCUT2D eigenvalue weighted by molar-refractivity contribution is -0.202. The minimum atomic E-state index is -1.47. The third kappa shape index (κ3) is 9.34. The van der Waals surface area contributed by atoms with Crippen molar-refractivity contribution < 1.29 is 47.6 Å². The first kappa shape index (κ1) is 30.7. The molecule has 0 aliphatic carbocycles. The lowest BCUT2D eigenvalue weighted by Crippen LogP contribution is -2.56. The monoisotopic (exact) mass is 512 g/mol. The molecule has 0 saturated carbocycles. The van der Waals surface area contributed by atoms with Crippen LogP contribution in [-0.2, 0) is 35.0 Å². The molecule has 0 aliphatic rings. The number of benzene rings is 1. The SMILES string of the molecule is CCOC(=O)Oc1ccc(C[C@](C)(NN)C(=O)O[C@H](OC(=O)C(C)C)C(C)C)cc1OC(=O)OCC. The number of rotatable bonds is 12. The zero-order chi connectivity index (χ0) is 27.5. The standard InChI is InChI=1S/C24H36N2O10/c1-8-31-22(29)33-17-11-10-16(12-18(17)34-23(30)32-9-2)13-24(7,26-25)21(28)36-20(15(5)6)35-19(27)14(3)4/h10-12,14-15,20,26H,8-9,13,25H2,1-7H3/t20-,24-/m0/s1. The molecule has 1 aromatic rings. The molecule has 0 radical (unpaired) electrons. The van der Waals surface area contributed by atoms with Crippen LogP contribution in [-0.4, -0.2) is 49.3 Å². The van der Waals surface area contributed by atoms with Crippen LogP contribution in [0, 0.1) is 11.8 Å². The number of ether oxygens (including phenoxy) is 6. The third-order valence-electron chi connectivity index (χ3n) is 4.72. The molecule has 0 saturated heterocycles. The molecule has 12 nitrogen and oxygen atoms in total. The lowest BCUT2D eigenvalue weighted by Gasteiger charge is -2.30. The minimum Gasteiger partial charge on any atom is -0.434 e. The molecule has 1 rings (SSSR count). The Hall–Kier alpha value is -3.38. The van der Waals surface area contributed by atoms with Crippen LogP contribution in [0.4, 0.5) is 9.59 Å². The van der Waals surface area contributed by atoms with Crippen molar-refractivity contribution in [1.82, 2.24) is 5.43 Å². The maximum absolute atomic E-state index is 13.1. The van der Waals surface area contributed by atoms with Crippen molar-refractivity contribution >= 4 is 24.2 Å². The van der Waals surface area contributed by atoms with Crippen LogP contribution < -0.4 is 20.7 Å². The molecule has 0 aromatic heterocycles. The van der Waals surface area contributed by atoms with Crippen molar-refractivity contribution in [2.45, 2.75) is 66.7 Å². The van der Waals surface area contributed by atoms with Gasteiger partial charge in [-0.25, -0.2) is 19.8 Å². The summed E-state index contributed by atoms with van der Waals surface area (Å²) in [4.78, 5) is 48.7. The fourth-order valence-corrected chi connectivity index (χ4v) is 2.67. The van der Waals surface area contributed by atoms with Crippen molar-refractivity contribution in [3.63, 3.8) is 0 Å². The Bertz CT molecular complexity index is 918. The highest BCUT2D eigenvalue weighted by molar-refractivity contribution is 5.81. The molecule has 12 heteroatoms. The van der Waals surface area contributed by atoms with Crippen molar-refractivity contribution in [2.24, 2.45) is 17.7 Å². The van der Waals surface area contributed by atoms with Crippen molar-refractivity contribution in [1.29, 1.82) is 0 Å². The van der Waals surface area contributed by atoms with Crippen LogP contribution in [0.3, 0.4) is 0 Å². The molecule has 2 atom stereocenters. The Morgan fingerprint density at radius 1 is 0.917 bits per heavy atom. The summed E-state index contributed by atoms with van der Waals surface area (Å²) in [7, 11) is 0. The normalized spacial score (nSPS) is 13.4. The molecule has 202 valence electrons. The third-order valence-corrected chi connectivity index (χ3v) is 4.72. The molecular formula is C24H36N2O10. The number of hydrazine groups is 1. The summed E-state index contributed by atoms with van der Waals surface area (Å²) < 4.78 is 30.6. The summed E-state index contributed by atoms with van der Waals surface area (Å²) >= 11 is 0. The highest BCUT2D eigenvalue weighted by atomic mass is 16.7. The zero-order valence-corrected chi connectivity index (χ0v) is 21.7. The first-order valence-electron chi connectivity index (χ1n) is 11.6. The van der Waals surface area contributed by atoms with Crippen LogP contribution in [0.2, 0.25) is 0 Å². The van der Waals surface area contributed by atoms with Gasteiger partial charge in [-0.15, -0.1) is 0 Å². The number of esters is 2. The summed E-state index contributed by atoms with van der Waals surface area (Å²) in [6, 6.07) is 4.28. The Kier molecular flexibility index (Phi) is 12.1. The number of carbonyl (C=O) groups excluding carboxylic acids is 4. The van der Waals surface area contributed by atoms with Crippen molar-refractivity contribution in [2.75, 3.05) is 13.2 Å². The maximum atomic E-state index is 13.1. The quantitative estimate of drug-likeness (QED) is 0.105. The van der Waals surface area contributed by atoms with Gasteiger partial charge in [-0.3, -0.25) is 10.6 Å². The molecule has 0 spiro atoms. The lowest BCUT2D eigenvalue weighted by atomic mass is 9.93. The van der Waals surface area contributed by atoms with Gasteiger partial charge in [-0.05, 0) is 38.5 Å². The average molecular weight is 513 g/mol. The van der Waals surface area contributed by atoms with E-state index in [1.165, 1.54) is 25.1 Å². The predicted octanol–water partition coefficient (Wildman–Crippen LogP) is 3.25. The molecule has 0 heterocycles. The highest BCUT2D eigenvalue weighted by Gasteiger charge is 2.37. The molecule has 0 bridgehead atoms. The van der Waals surface area contributed by atoms with Gasteiger partial charge in [0.2, 0.25) is 6.29 Å². The van der Waals surface area contributed by atoms with Crippen LogP contribution in [0.25, 0.3) is 0 Å². The summed E-state index contributed by atoms with van der Waals surface area (Å²) in [6.45, 7) is 11.6. The highest BCUT2D eigenvalue weighted by Crippen LogP contribution is 2.31. The van der Waals surface area contributed by atoms with Gasteiger partial charge in [-0.1, -0.05) is 33.8 Å². The van der Waals surface area contributed by atoms with E-state index in [0.717, 1.165) is 0 Å². The maximum Gasteiger partial charge on any atom is 0.513 e. The summed E-state index contributed by atoms with van der Waals surface area (Å²) in [6.07, 6.45) is -3.17. The van der Waals surface area contributed by atoms with E-state index < -0.39 is 42.0 Å². The topological polar surface area (TPSA) is 162 Å². The Morgan fingerprint density at radius 3 is 1.94 bits per heavy atom. The van der Waals surface area contributed by atoms with E-state index in [2.05, 4.69) is 5.43 Å². The van der Waals surface area contributed by atoms with E-state index in [1.807, 2.05) is 0 Å². The molecule has 0 unspecified atom stereocenters. The van der Waals surface area contributed by atoms with Gasteiger partial charge in [-0.2, -0.15) is 0 Å². The van der Waals surface area contributed by atoms with E-state index in [0.29, 0.717) is 5.56 Å². The van der Waals surface area contributed by atoms with Crippen LogP contribution in [0.1, 0.15) is 54.0 Å². The molecule has 3 N–H and O–H groups in total.